The predicted molar refractivity (Wildman–Crippen MR) is 86.2 cm³/mol. The van der Waals surface area contributed by atoms with Crippen LogP contribution in [0.15, 0.2) is 12.1 Å². The summed E-state index contributed by atoms with van der Waals surface area (Å²) in [4.78, 5) is 12.5. The molecule has 1 aromatic rings. The topological polar surface area (TPSA) is 29.1 Å². The second kappa shape index (κ2) is 6.55. The van der Waals surface area contributed by atoms with Gasteiger partial charge in [-0.2, -0.15) is 0 Å². The molecule has 0 saturated carbocycles. The molecule has 0 bridgehead atoms. The van der Waals surface area contributed by atoms with Gasteiger partial charge < -0.3 is 5.32 Å². The number of nitrogens with one attached hydrogen (secondary N) is 1. The second-order valence-electron chi connectivity index (χ2n) is 5.20. The van der Waals surface area contributed by atoms with Gasteiger partial charge in [0.05, 0.1) is 16.1 Å². The van der Waals surface area contributed by atoms with Gasteiger partial charge >= 0.3 is 0 Å². The van der Waals surface area contributed by atoms with E-state index in [1.807, 2.05) is 13.0 Å². The number of benzene rings is 1. The third-order valence-corrected chi connectivity index (χ3v) is 4.87. The van der Waals surface area contributed by atoms with Gasteiger partial charge in [-0.3, -0.25) is 4.79 Å². The lowest BCUT2D eigenvalue weighted by Crippen LogP contribution is -2.33. The lowest BCUT2D eigenvalue weighted by Gasteiger charge is -2.26. The highest BCUT2D eigenvalue weighted by Gasteiger charge is 2.45. The molecule has 1 amide bonds. The highest BCUT2D eigenvalue weighted by Crippen LogP contribution is 2.47. The first-order valence-corrected chi connectivity index (χ1v) is 8.21. The van der Waals surface area contributed by atoms with Crippen molar-refractivity contribution in [2.24, 2.45) is 0 Å². The number of hydrogen-bond donors (Lipinski definition) is 1. The molecular weight excluding hydrogens is 317 g/mol. The number of anilines is 1. The van der Waals surface area contributed by atoms with Crippen LogP contribution < -0.4 is 5.32 Å². The number of fused-ring (bicyclic) bond motifs is 1. The number of alkyl halides is 1. The van der Waals surface area contributed by atoms with E-state index < -0.39 is 5.41 Å². The molecule has 2 rings (SSSR count). The van der Waals surface area contributed by atoms with Crippen LogP contribution in [-0.4, -0.2) is 11.8 Å². The summed E-state index contributed by atoms with van der Waals surface area (Å²) in [6.07, 6.45) is 4.52. The quantitative estimate of drug-likeness (QED) is 0.548. The third kappa shape index (κ3) is 2.79. The van der Waals surface area contributed by atoms with Crippen LogP contribution in [0.4, 0.5) is 5.69 Å². The summed E-state index contributed by atoms with van der Waals surface area (Å²) < 4.78 is 0. The SMILES string of the molecule is CCC1(CCCCCCl)C(=O)Nc2c(Cl)cc(Cl)cc21. The van der Waals surface area contributed by atoms with Crippen molar-refractivity contribution in [3.05, 3.63) is 27.7 Å². The van der Waals surface area contributed by atoms with Crippen LogP contribution in [0.3, 0.4) is 0 Å². The van der Waals surface area contributed by atoms with E-state index in [0.29, 0.717) is 15.9 Å². The van der Waals surface area contributed by atoms with Crippen molar-refractivity contribution >= 4 is 46.4 Å². The minimum Gasteiger partial charge on any atom is -0.324 e. The van der Waals surface area contributed by atoms with Gasteiger partial charge in [0.1, 0.15) is 0 Å². The fourth-order valence-corrected chi connectivity index (χ4v) is 3.64. The van der Waals surface area contributed by atoms with Gasteiger partial charge in [-0.05, 0) is 37.0 Å². The molecule has 0 aromatic heterocycles. The van der Waals surface area contributed by atoms with Crippen molar-refractivity contribution in [1.29, 1.82) is 0 Å². The van der Waals surface area contributed by atoms with E-state index in [-0.39, 0.29) is 5.91 Å². The molecular formula is C15H18Cl3NO. The van der Waals surface area contributed by atoms with Gasteiger partial charge in [0, 0.05) is 10.9 Å². The Labute approximate surface area is 134 Å². The molecule has 1 aromatic carbocycles. The molecule has 1 aliphatic rings. The van der Waals surface area contributed by atoms with Crippen LogP contribution in [0.1, 0.15) is 44.6 Å². The van der Waals surface area contributed by atoms with Crippen molar-refractivity contribution in [1.82, 2.24) is 0 Å². The number of carbonyl (C=O) groups excluding carboxylic acids is 1. The van der Waals surface area contributed by atoms with Crippen LogP contribution >= 0.6 is 34.8 Å². The molecule has 0 radical (unpaired) electrons. The minimum atomic E-state index is -0.504. The zero-order valence-corrected chi connectivity index (χ0v) is 13.7. The van der Waals surface area contributed by atoms with Crippen molar-refractivity contribution in [3.63, 3.8) is 0 Å². The molecule has 1 heterocycles. The lowest BCUT2D eigenvalue weighted by atomic mass is 9.75. The minimum absolute atomic E-state index is 0.0324. The maximum atomic E-state index is 12.5. The first kappa shape index (κ1) is 15.9. The molecule has 20 heavy (non-hydrogen) atoms. The van der Waals surface area contributed by atoms with Crippen LogP contribution in [0.5, 0.6) is 0 Å². The van der Waals surface area contributed by atoms with E-state index in [1.165, 1.54) is 0 Å². The average molecular weight is 335 g/mol. The molecule has 1 N–H and O–H groups in total. The molecule has 5 heteroatoms. The second-order valence-corrected chi connectivity index (χ2v) is 6.42. The number of carbonyl (C=O) groups is 1. The highest BCUT2D eigenvalue weighted by molar-refractivity contribution is 6.37. The summed E-state index contributed by atoms with van der Waals surface area (Å²) in [5, 5.41) is 4.00. The van der Waals surface area contributed by atoms with E-state index in [2.05, 4.69) is 5.32 Å². The Balaban J connectivity index is 2.32. The van der Waals surface area contributed by atoms with E-state index in [9.17, 15) is 4.79 Å². The standard InChI is InChI=1S/C15H18Cl3NO/c1-2-15(6-4-3-5-7-16)11-8-10(17)9-12(18)13(11)19-14(15)20/h8-9H,2-7H2,1H3,(H,19,20). The molecule has 0 saturated heterocycles. The number of rotatable bonds is 6. The van der Waals surface area contributed by atoms with Gasteiger partial charge in [-0.25, -0.2) is 0 Å². The summed E-state index contributed by atoms with van der Waals surface area (Å²) >= 11 is 18.0. The summed E-state index contributed by atoms with van der Waals surface area (Å²) in [7, 11) is 0. The Morgan fingerprint density at radius 2 is 1.95 bits per heavy atom. The van der Waals surface area contributed by atoms with Gasteiger partial charge in [-0.15, -0.1) is 11.6 Å². The molecule has 1 atom stereocenters. The average Bonchev–Trinajstić information content (AvgIpc) is 2.69. The van der Waals surface area contributed by atoms with E-state index in [4.69, 9.17) is 34.8 Å². The molecule has 0 spiro atoms. The molecule has 1 aliphatic heterocycles. The van der Waals surface area contributed by atoms with Crippen LogP contribution in [0.25, 0.3) is 0 Å². The molecule has 0 aliphatic carbocycles. The van der Waals surface area contributed by atoms with Crippen LogP contribution in [0, 0.1) is 0 Å². The smallest absolute Gasteiger partial charge is 0.235 e. The molecule has 0 fully saturated rings. The molecule has 110 valence electrons. The summed E-state index contributed by atoms with van der Waals surface area (Å²) in [6.45, 7) is 2.03. The maximum Gasteiger partial charge on any atom is 0.235 e. The summed E-state index contributed by atoms with van der Waals surface area (Å²) in [5.41, 5.74) is 1.16. The summed E-state index contributed by atoms with van der Waals surface area (Å²) in [6, 6.07) is 3.53. The van der Waals surface area contributed by atoms with E-state index in [1.54, 1.807) is 6.07 Å². The number of halogens is 3. The van der Waals surface area contributed by atoms with Crippen molar-refractivity contribution in [3.8, 4) is 0 Å². The predicted octanol–water partition coefficient (Wildman–Crippen LogP) is 5.39. The van der Waals surface area contributed by atoms with Gasteiger partial charge in [0.2, 0.25) is 5.91 Å². The Bertz CT molecular complexity index is 518. The Kier molecular flexibility index (Phi) is 5.22. The van der Waals surface area contributed by atoms with Crippen molar-refractivity contribution in [2.45, 2.75) is 44.4 Å². The first-order valence-electron chi connectivity index (χ1n) is 6.92. The Hall–Kier alpha value is -0.440. The van der Waals surface area contributed by atoms with E-state index >= 15 is 0 Å². The first-order chi connectivity index (χ1) is 9.55. The Morgan fingerprint density at radius 3 is 2.60 bits per heavy atom. The molecule has 1 unspecified atom stereocenters. The van der Waals surface area contributed by atoms with Gasteiger partial charge in [-0.1, -0.05) is 43.0 Å². The molecule has 2 nitrogen and oxygen atoms in total. The van der Waals surface area contributed by atoms with Crippen molar-refractivity contribution < 1.29 is 4.79 Å². The fourth-order valence-electron chi connectivity index (χ4n) is 2.91. The van der Waals surface area contributed by atoms with E-state index in [0.717, 1.165) is 43.4 Å². The van der Waals surface area contributed by atoms with Crippen LogP contribution in [0.2, 0.25) is 10.0 Å². The largest absolute Gasteiger partial charge is 0.324 e. The van der Waals surface area contributed by atoms with Crippen molar-refractivity contribution in [2.75, 3.05) is 11.2 Å². The van der Waals surface area contributed by atoms with Crippen LogP contribution in [-0.2, 0) is 10.2 Å². The monoisotopic (exact) mass is 333 g/mol. The number of unbranched alkanes of at least 4 members (excludes halogenated alkanes) is 2. The zero-order chi connectivity index (χ0) is 14.8. The summed E-state index contributed by atoms with van der Waals surface area (Å²) in [5.74, 6) is 0.699. The normalized spacial score (nSPS) is 20.9. The number of amides is 1. The lowest BCUT2D eigenvalue weighted by molar-refractivity contribution is -0.121. The van der Waals surface area contributed by atoms with Gasteiger partial charge in [0.25, 0.3) is 0 Å². The maximum absolute atomic E-state index is 12.5. The number of hydrogen-bond acceptors (Lipinski definition) is 1. The fraction of sp³-hybridized carbons (Fsp3) is 0.533. The third-order valence-electron chi connectivity index (χ3n) is 4.08. The zero-order valence-electron chi connectivity index (χ0n) is 11.4. The highest BCUT2D eigenvalue weighted by atomic mass is 35.5. The Morgan fingerprint density at radius 1 is 1.20 bits per heavy atom. The van der Waals surface area contributed by atoms with Gasteiger partial charge in [0.15, 0.2) is 0 Å².